The Morgan fingerprint density at radius 1 is 1.50 bits per heavy atom. The number of nitrogens with two attached hydrogens (primary N) is 2. The molecule has 0 aromatic rings. The second-order valence-corrected chi connectivity index (χ2v) is 2.23. The number of aliphatic imine (C=N–C) groups is 1. The van der Waals surface area contributed by atoms with E-state index in [-0.39, 0.29) is 12.0 Å². The van der Waals surface area contributed by atoms with Crippen molar-refractivity contribution in [1.29, 1.82) is 0 Å². The molecule has 0 aromatic carbocycles. The van der Waals surface area contributed by atoms with Gasteiger partial charge in [-0.25, -0.2) is 4.99 Å². The Labute approximate surface area is 58.7 Å². The monoisotopic (exact) mass is 145 g/mol. The molecule has 5 nitrogen and oxygen atoms in total. The van der Waals surface area contributed by atoms with Crippen molar-refractivity contribution in [2.45, 2.75) is 12.1 Å². The lowest BCUT2D eigenvalue weighted by Crippen LogP contribution is -2.30. The summed E-state index contributed by atoms with van der Waals surface area (Å²) in [5.74, 6) is -0.00505. The fourth-order valence-electron chi connectivity index (χ4n) is 0.846. The van der Waals surface area contributed by atoms with E-state index in [1.165, 1.54) is 0 Å². The summed E-state index contributed by atoms with van der Waals surface area (Å²) in [6, 6.07) is -0.273. The van der Waals surface area contributed by atoms with E-state index >= 15 is 0 Å². The molecule has 1 heterocycles. The molecule has 0 spiro atoms. The Kier molecular flexibility index (Phi) is 2.08. The van der Waals surface area contributed by atoms with Crippen LogP contribution in [0.25, 0.3) is 0 Å². The van der Waals surface area contributed by atoms with E-state index in [2.05, 4.69) is 4.99 Å². The van der Waals surface area contributed by atoms with Gasteiger partial charge in [0.15, 0.2) is 5.96 Å². The predicted octanol–water partition coefficient (Wildman–Crippen LogP) is -1.98. The van der Waals surface area contributed by atoms with E-state index in [0.29, 0.717) is 13.2 Å². The number of guanidine groups is 1. The zero-order valence-electron chi connectivity index (χ0n) is 5.53. The van der Waals surface area contributed by atoms with E-state index in [0.717, 1.165) is 0 Å². The molecule has 5 N–H and O–H groups in total. The van der Waals surface area contributed by atoms with Crippen LogP contribution < -0.4 is 11.5 Å². The van der Waals surface area contributed by atoms with Crippen LogP contribution in [0.1, 0.15) is 0 Å². The van der Waals surface area contributed by atoms with Crippen LogP contribution in [0.3, 0.4) is 0 Å². The first kappa shape index (κ1) is 7.30. The van der Waals surface area contributed by atoms with E-state index in [1.54, 1.807) is 0 Å². The maximum atomic E-state index is 9.09. The van der Waals surface area contributed by atoms with Crippen LogP contribution in [-0.4, -0.2) is 36.4 Å². The Hall–Kier alpha value is -0.810. The first-order valence-electron chi connectivity index (χ1n) is 3.04. The third-order valence-electron chi connectivity index (χ3n) is 1.34. The average molecular weight is 145 g/mol. The van der Waals surface area contributed by atoms with Crippen molar-refractivity contribution in [2.24, 2.45) is 16.5 Å². The highest BCUT2D eigenvalue weighted by molar-refractivity contribution is 5.75. The molecule has 0 bridgehead atoms. The number of hydrogen-bond acceptors (Lipinski definition) is 3. The molecule has 58 valence electrons. The van der Waals surface area contributed by atoms with Crippen molar-refractivity contribution in [3.05, 3.63) is 0 Å². The maximum Gasteiger partial charge on any atom is 0.186 e. The zero-order chi connectivity index (χ0) is 7.56. The van der Waals surface area contributed by atoms with Gasteiger partial charge in [0.05, 0.1) is 13.2 Å². The lowest BCUT2D eigenvalue weighted by Gasteiger charge is -2.05. The van der Waals surface area contributed by atoms with Crippen LogP contribution in [0.5, 0.6) is 0 Å². The molecule has 1 saturated heterocycles. The van der Waals surface area contributed by atoms with E-state index < -0.39 is 6.10 Å². The molecule has 0 unspecified atom stereocenters. The first-order valence-corrected chi connectivity index (χ1v) is 3.04. The van der Waals surface area contributed by atoms with Gasteiger partial charge in [-0.2, -0.15) is 0 Å². The molecule has 0 aliphatic carbocycles. The molecule has 0 amide bonds. The summed E-state index contributed by atoms with van der Waals surface area (Å²) in [5.41, 5.74) is 10.2. The van der Waals surface area contributed by atoms with Crippen LogP contribution in [0.4, 0.5) is 0 Å². The maximum absolute atomic E-state index is 9.09. The number of aliphatic hydroxyl groups is 1. The van der Waals surface area contributed by atoms with Gasteiger partial charge in [-0.1, -0.05) is 0 Å². The highest BCUT2D eigenvalue weighted by Crippen LogP contribution is 2.08. The van der Waals surface area contributed by atoms with Gasteiger partial charge in [0.25, 0.3) is 0 Å². The van der Waals surface area contributed by atoms with Crippen molar-refractivity contribution in [3.63, 3.8) is 0 Å². The second kappa shape index (κ2) is 2.85. The van der Waals surface area contributed by atoms with Gasteiger partial charge in [-0.05, 0) is 0 Å². The van der Waals surface area contributed by atoms with Gasteiger partial charge >= 0.3 is 0 Å². The number of ether oxygens (including phenoxy) is 1. The largest absolute Gasteiger partial charge is 0.388 e. The summed E-state index contributed by atoms with van der Waals surface area (Å²) in [6.45, 7) is 0.723. The Balaban J connectivity index is 2.48. The van der Waals surface area contributed by atoms with Crippen molar-refractivity contribution < 1.29 is 9.84 Å². The smallest absolute Gasteiger partial charge is 0.186 e. The summed E-state index contributed by atoms with van der Waals surface area (Å²) in [6.07, 6.45) is -0.554. The van der Waals surface area contributed by atoms with Gasteiger partial charge in [0, 0.05) is 0 Å². The third-order valence-corrected chi connectivity index (χ3v) is 1.34. The fourth-order valence-corrected chi connectivity index (χ4v) is 0.846. The molecule has 0 aromatic heterocycles. The van der Waals surface area contributed by atoms with Gasteiger partial charge in [-0.15, -0.1) is 0 Å². The topological polar surface area (TPSA) is 93.9 Å². The van der Waals surface area contributed by atoms with E-state index in [1.807, 2.05) is 0 Å². The standard InChI is InChI=1S/C5H11N3O2/c6-5(7)8-3-1-10-2-4(3)9/h3-4,9H,1-2H2,(H4,6,7,8)/t3-,4-/m1/s1. The minimum Gasteiger partial charge on any atom is -0.388 e. The van der Waals surface area contributed by atoms with Gasteiger partial charge < -0.3 is 21.3 Å². The van der Waals surface area contributed by atoms with E-state index in [9.17, 15) is 0 Å². The second-order valence-electron chi connectivity index (χ2n) is 2.23. The quantitative estimate of drug-likeness (QED) is 0.294. The van der Waals surface area contributed by atoms with Crippen molar-refractivity contribution in [1.82, 2.24) is 0 Å². The Morgan fingerprint density at radius 3 is 2.60 bits per heavy atom. The van der Waals surface area contributed by atoms with Crippen LogP contribution in [0.2, 0.25) is 0 Å². The summed E-state index contributed by atoms with van der Waals surface area (Å²) < 4.78 is 4.90. The minimum absolute atomic E-state index is 0.00505. The van der Waals surface area contributed by atoms with E-state index in [4.69, 9.17) is 21.3 Å². The van der Waals surface area contributed by atoms with Crippen LogP contribution in [-0.2, 0) is 4.74 Å². The molecular formula is C5H11N3O2. The highest BCUT2D eigenvalue weighted by Gasteiger charge is 2.25. The van der Waals surface area contributed by atoms with Crippen LogP contribution in [0.15, 0.2) is 4.99 Å². The first-order chi connectivity index (χ1) is 4.70. The van der Waals surface area contributed by atoms with Gasteiger partial charge in [0.2, 0.25) is 0 Å². The van der Waals surface area contributed by atoms with Crippen molar-refractivity contribution >= 4 is 5.96 Å². The lowest BCUT2D eigenvalue weighted by molar-refractivity contribution is 0.125. The molecule has 1 fully saturated rings. The average Bonchev–Trinajstić information content (AvgIpc) is 2.15. The molecular weight excluding hydrogens is 134 g/mol. The number of aliphatic hydroxyl groups excluding tert-OH is 1. The molecule has 1 aliphatic heterocycles. The number of nitrogens with zero attached hydrogens (tertiary/aromatic N) is 1. The third kappa shape index (κ3) is 1.58. The summed E-state index contributed by atoms with van der Waals surface area (Å²) in [4.78, 5) is 3.75. The fraction of sp³-hybridized carbons (Fsp3) is 0.800. The molecule has 0 saturated carbocycles. The SMILES string of the molecule is NC(N)=N[C@@H]1COC[C@H]1O. The summed E-state index contributed by atoms with van der Waals surface area (Å²) in [7, 11) is 0. The molecule has 2 atom stereocenters. The molecule has 5 heteroatoms. The summed E-state index contributed by atoms with van der Waals surface area (Å²) in [5, 5.41) is 9.09. The van der Waals surface area contributed by atoms with Gasteiger partial charge in [-0.3, -0.25) is 0 Å². The Bertz CT molecular complexity index is 144. The van der Waals surface area contributed by atoms with Gasteiger partial charge in [0.1, 0.15) is 12.1 Å². The minimum atomic E-state index is -0.554. The predicted molar refractivity (Wildman–Crippen MR) is 36.4 cm³/mol. The van der Waals surface area contributed by atoms with Crippen molar-refractivity contribution in [3.8, 4) is 0 Å². The van der Waals surface area contributed by atoms with Crippen LogP contribution >= 0.6 is 0 Å². The highest BCUT2D eigenvalue weighted by atomic mass is 16.5. The van der Waals surface area contributed by atoms with Crippen molar-refractivity contribution in [2.75, 3.05) is 13.2 Å². The molecule has 1 rings (SSSR count). The normalized spacial score (nSPS) is 32.1. The molecule has 1 aliphatic rings. The zero-order valence-corrected chi connectivity index (χ0v) is 5.53. The lowest BCUT2D eigenvalue weighted by atomic mass is 10.2. The Morgan fingerprint density at radius 2 is 2.20 bits per heavy atom. The number of hydrogen-bond donors (Lipinski definition) is 3. The number of rotatable bonds is 1. The van der Waals surface area contributed by atoms with Crippen LogP contribution in [0, 0.1) is 0 Å². The molecule has 10 heavy (non-hydrogen) atoms. The summed E-state index contributed by atoms with van der Waals surface area (Å²) >= 11 is 0. The molecule has 0 radical (unpaired) electrons.